The molecule has 172 valence electrons. The van der Waals surface area contributed by atoms with Crippen molar-refractivity contribution in [2.75, 3.05) is 5.32 Å². The smallest absolute Gasteiger partial charge is 0.408 e. The molecule has 2 amide bonds. The summed E-state index contributed by atoms with van der Waals surface area (Å²) in [6.45, 7) is 8.23. The number of anilines is 1. The summed E-state index contributed by atoms with van der Waals surface area (Å²) in [7, 11) is 1.83. The van der Waals surface area contributed by atoms with Gasteiger partial charge in [-0.15, -0.1) is 0 Å². The van der Waals surface area contributed by atoms with Gasteiger partial charge in [-0.2, -0.15) is 5.10 Å². The molecular weight excluding hydrogens is 408 g/mol. The standard InChI is InChI=1S/C23H32N6O3/c1-13-15-11-24-21(30)18(15)19(14-10-25-28(5)12-14)27-20(13)26-16-8-6-7-9-17(16)29(22(31)32)23(2,3)4/h10,12,16-17H,6-9,11H2,1-5H3,(H,24,30)(H,26,27)(H,31,32)/t16-,17+/m1/s1. The molecule has 2 aliphatic rings. The van der Waals surface area contributed by atoms with Crippen LogP contribution in [0.1, 0.15) is 67.9 Å². The average molecular weight is 441 g/mol. The molecule has 1 aliphatic heterocycles. The molecule has 0 aromatic carbocycles. The van der Waals surface area contributed by atoms with Gasteiger partial charge >= 0.3 is 6.09 Å². The number of amides is 2. The molecule has 32 heavy (non-hydrogen) atoms. The van der Waals surface area contributed by atoms with Crippen LogP contribution in [0, 0.1) is 6.92 Å². The highest BCUT2D eigenvalue weighted by atomic mass is 16.4. The van der Waals surface area contributed by atoms with E-state index < -0.39 is 11.6 Å². The number of carbonyl (C=O) groups is 2. The fourth-order valence-corrected chi connectivity index (χ4v) is 5.03. The molecule has 1 aliphatic carbocycles. The van der Waals surface area contributed by atoms with Crippen LogP contribution in [0.4, 0.5) is 10.6 Å². The Labute approximate surface area is 188 Å². The largest absolute Gasteiger partial charge is 0.465 e. The van der Waals surface area contributed by atoms with Crippen molar-refractivity contribution >= 4 is 17.8 Å². The molecule has 0 unspecified atom stereocenters. The number of fused-ring (bicyclic) bond motifs is 1. The minimum absolute atomic E-state index is 0.0601. The van der Waals surface area contributed by atoms with Crippen LogP contribution in [0.3, 0.4) is 0 Å². The quantitative estimate of drug-likeness (QED) is 0.670. The van der Waals surface area contributed by atoms with Crippen molar-refractivity contribution in [2.24, 2.45) is 7.05 Å². The Hall–Kier alpha value is -3.10. The molecule has 2 aromatic heterocycles. The highest BCUT2D eigenvalue weighted by molar-refractivity contribution is 6.04. The fourth-order valence-electron chi connectivity index (χ4n) is 5.03. The van der Waals surface area contributed by atoms with E-state index in [1.807, 2.05) is 40.9 Å². The molecule has 3 heterocycles. The predicted octanol–water partition coefficient (Wildman–Crippen LogP) is 3.54. The Morgan fingerprint density at radius 3 is 2.66 bits per heavy atom. The van der Waals surface area contributed by atoms with Gasteiger partial charge in [0.2, 0.25) is 0 Å². The maximum absolute atomic E-state index is 12.6. The van der Waals surface area contributed by atoms with Crippen LogP contribution in [0.25, 0.3) is 11.3 Å². The number of hydrogen-bond donors (Lipinski definition) is 3. The second-order valence-corrected chi connectivity index (χ2v) is 9.80. The van der Waals surface area contributed by atoms with Crippen molar-refractivity contribution in [3.63, 3.8) is 0 Å². The summed E-state index contributed by atoms with van der Waals surface area (Å²) in [6.07, 6.45) is 6.36. The van der Waals surface area contributed by atoms with Crippen molar-refractivity contribution in [2.45, 2.75) is 77.5 Å². The molecule has 0 spiro atoms. The van der Waals surface area contributed by atoms with E-state index in [-0.39, 0.29) is 18.0 Å². The summed E-state index contributed by atoms with van der Waals surface area (Å²) in [5.74, 6) is 0.580. The molecule has 1 fully saturated rings. The van der Waals surface area contributed by atoms with Crippen LogP contribution in [0.2, 0.25) is 0 Å². The Morgan fingerprint density at radius 2 is 2.03 bits per heavy atom. The van der Waals surface area contributed by atoms with Crippen molar-refractivity contribution in [3.8, 4) is 11.3 Å². The molecule has 2 atom stereocenters. The summed E-state index contributed by atoms with van der Waals surface area (Å²) in [6, 6.07) is -0.215. The summed E-state index contributed by atoms with van der Waals surface area (Å²) in [5.41, 5.74) is 3.34. The predicted molar refractivity (Wildman–Crippen MR) is 122 cm³/mol. The number of nitrogens with one attached hydrogen (secondary N) is 2. The van der Waals surface area contributed by atoms with Crippen molar-refractivity contribution in [3.05, 3.63) is 29.1 Å². The third-order valence-electron chi connectivity index (χ3n) is 6.51. The van der Waals surface area contributed by atoms with Crippen LogP contribution in [0.15, 0.2) is 12.4 Å². The van der Waals surface area contributed by atoms with Crippen LogP contribution < -0.4 is 10.6 Å². The van der Waals surface area contributed by atoms with Gasteiger partial charge < -0.3 is 15.7 Å². The van der Waals surface area contributed by atoms with E-state index in [1.165, 1.54) is 0 Å². The zero-order valence-electron chi connectivity index (χ0n) is 19.4. The lowest BCUT2D eigenvalue weighted by atomic mass is 9.86. The Balaban J connectivity index is 1.75. The molecule has 3 N–H and O–H groups in total. The number of aromatic nitrogens is 3. The number of nitrogens with zero attached hydrogens (tertiary/aromatic N) is 4. The molecular formula is C23H32N6O3. The third-order valence-corrected chi connectivity index (χ3v) is 6.51. The topological polar surface area (TPSA) is 112 Å². The van der Waals surface area contributed by atoms with Gasteiger partial charge in [0.1, 0.15) is 5.82 Å². The van der Waals surface area contributed by atoms with Crippen LogP contribution in [0.5, 0.6) is 0 Å². The van der Waals surface area contributed by atoms with Gasteiger partial charge in [-0.1, -0.05) is 12.8 Å². The molecule has 4 rings (SSSR count). The minimum atomic E-state index is -0.902. The fraction of sp³-hybridized carbons (Fsp3) is 0.565. The number of pyridine rings is 1. The van der Waals surface area contributed by atoms with Gasteiger partial charge in [-0.05, 0) is 51.7 Å². The Kier molecular flexibility index (Phi) is 5.60. The average Bonchev–Trinajstić information content (AvgIpc) is 3.30. The lowest BCUT2D eigenvalue weighted by molar-refractivity contribution is 0.0520. The summed E-state index contributed by atoms with van der Waals surface area (Å²) in [4.78, 5) is 31.2. The van der Waals surface area contributed by atoms with E-state index >= 15 is 0 Å². The van der Waals surface area contributed by atoms with E-state index in [2.05, 4.69) is 15.7 Å². The number of rotatable bonds is 4. The number of hydrogen-bond acceptors (Lipinski definition) is 5. The molecule has 9 heteroatoms. The van der Waals surface area contributed by atoms with Gasteiger partial charge in [0.05, 0.1) is 23.5 Å². The summed E-state index contributed by atoms with van der Waals surface area (Å²) in [5, 5.41) is 20.7. The van der Waals surface area contributed by atoms with Crippen LogP contribution in [-0.4, -0.2) is 54.4 Å². The van der Waals surface area contributed by atoms with Crippen LogP contribution >= 0.6 is 0 Å². The molecule has 0 radical (unpaired) electrons. The van der Waals surface area contributed by atoms with E-state index in [0.717, 1.165) is 42.4 Å². The maximum atomic E-state index is 12.6. The first-order valence-electron chi connectivity index (χ1n) is 11.2. The van der Waals surface area contributed by atoms with E-state index in [0.29, 0.717) is 23.6 Å². The molecule has 0 saturated heterocycles. The van der Waals surface area contributed by atoms with Crippen molar-refractivity contribution in [1.82, 2.24) is 25.0 Å². The second kappa shape index (κ2) is 8.11. The first-order valence-corrected chi connectivity index (χ1v) is 11.2. The molecule has 0 bridgehead atoms. The van der Waals surface area contributed by atoms with Gasteiger partial charge in [0.15, 0.2) is 0 Å². The molecule has 9 nitrogen and oxygen atoms in total. The van der Waals surface area contributed by atoms with Gasteiger partial charge in [0.25, 0.3) is 5.91 Å². The molecule has 2 aromatic rings. The number of carboxylic acid groups (broad SMARTS) is 1. The van der Waals surface area contributed by atoms with Gasteiger partial charge in [0, 0.05) is 36.9 Å². The minimum Gasteiger partial charge on any atom is -0.465 e. The Bertz CT molecular complexity index is 1050. The summed E-state index contributed by atoms with van der Waals surface area (Å²) < 4.78 is 1.69. The van der Waals surface area contributed by atoms with Gasteiger partial charge in [-0.3, -0.25) is 14.4 Å². The third kappa shape index (κ3) is 3.91. The number of carbonyl (C=O) groups excluding carboxylic acids is 1. The van der Waals surface area contributed by atoms with Crippen LogP contribution in [-0.2, 0) is 13.6 Å². The second-order valence-electron chi connectivity index (χ2n) is 9.80. The van der Waals surface area contributed by atoms with E-state index in [9.17, 15) is 14.7 Å². The van der Waals surface area contributed by atoms with Gasteiger partial charge in [-0.25, -0.2) is 9.78 Å². The van der Waals surface area contributed by atoms with Crippen molar-refractivity contribution < 1.29 is 14.7 Å². The van der Waals surface area contributed by atoms with Crippen molar-refractivity contribution in [1.29, 1.82) is 0 Å². The zero-order chi connectivity index (χ0) is 23.2. The van der Waals surface area contributed by atoms with E-state index in [4.69, 9.17) is 4.98 Å². The first kappa shape index (κ1) is 22.1. The maximum Gasteiger partial charge on any atom is 0.408 e. The monoisotopic (exact) mass is 440 g/mol. The molecule has 1 saturated carbocycles. The van der Waals surface area contributed by atoms with E-state index in [1.54, 1.807) is 15.8 Å². The SMILES string of the molecule is Cc1c(N[C@@H]2CCCC[C@@H]2N(C(=O)O)C(C)(C)C)nc(-c2cnn(C)c2)c2c1CNC2=O. The summed E-state index contributed by atoms with van der Waals surface area (Å²) >= 11 is 0. The zero-order valence-corrected chi connectivity index (χ0v) is 19.4. The normalized spacial score (nSPS) is 20.6. The Morgan fingerprint density at radius 1 is 1.31 bits per heavy atom. The lowest BCUT2D eigenvalue weighted by Crippen LogP contribution is -2.58. The number of aryl methyl sites for hydroxylation is 1. The lowest BCUT2D eigenvalue weighted by Gasteiger charge is -2.45. The highest BCUT2D eigenvalue weighted by Gasteiger charge is 2.39. The highest BCUT2D eigenvalue weighted by Crippen LogP contribution is 2.35. The first-order chi connectivity index (χ1) is 15.1.